The fourth-order valence-corrected chi connectivity index (χ4v) is 4.11. The first-order valence-corrected chi connectivity index (χ1v) is 6.26. The van der Waals surface area contributed by atoms with Crippen molar-refractivity contribution in [2.75, 3.05) is 11.5 Å². The zero-order valence-electron chi connectivity index (χ0n) is 7.92. The summed E-state index contributed by atoms with van der Waals surface area (Å²) in [5.41, 5.74) is 0. The lowest BCUT2D eigenvalue weighted by Crippen LogP contribution is -2.19. The van der Waals surface area contributed by atoms with Gasteiger partial charge in [0.25, 0.3) is 0 Å². The number of carboxylic acid groups (broad SMARTS) is 2. The number of carbonyl (C=O) groups is 2. The molecule has 0 aromatic carbocycles. The van der Waals surface area contributed by atoms with E-state index in [1.54, 1.807) is 0 Å². The van der Waals surface area contributed by atoms with Crippen molar-refractivity contribution in [3.8, 4) is 0 Å². The SMILES string of the molecule is O=C(O)C[C@@H]1CS(=O)(=O)C[C@@H]1CC(=O)O. The van der Waals surface area contributed by atoms with Crippen LogP contribution in [0, 0.1) is 11.8 Å². The highest BCUT2D eigenvalue weighted by Gasteiger charge is 2.39. The van der Waals surface area contributed by atoms with E-state index in [0.29, 0.717) is 0 Å². The summed E-state index contributed by atoms with van der Waals surface area (Å²) < 4.78 is 22.5. The summed E-state index contributed by atoms with van der Waals surface area (Å²) in [4.78, 5) is 20.9. The van der Waals surface area contributed by atoms with Crippen molar-refractivity contribution in [2.24, 2.45) is 11.8 Å². The third-order valence-electron chi connectivity index (χ3n) is 2.48. The molecule has 7 heteroatoms. The van der Waals surface area contributed by atoms with Gasteiger partial charge >= 0.3 is 11.9 Å². The molecule has 86 valence electrons. The van der Waals surface area contributed by atoms with Crippen molar-refractivity contribution >= 4 is 21.8 Å². The fraction of sp³-hybridized carbons (Fsp3) is 0.750. The number of aliphatic carboxylic acids is 2. The van der Waals surface area contributed by atoms with Gasteiger partial charge in [-0.25, -0.2) is 8.42 Å². The molecule has 2 atom stereocenters. The molecule has 1 saturated heterocycles. The minimum Gasteiger partial charge on any atom is -0.481 e. The monoisotopic (exact) mass is 236 g/mol. The Morgan fingerprint density at radius 2 is 1.33 bits per heavy atom. The number of hydrogen-bond acceptors (Lipinski definition) is 4. The van der Waals surface area contributed by atoms with Gasteiger partial charge in [-0.05, 0) is 11.8 Å². The Morgan fingerprint density at radius 3 is 1.60 bits per heavy atom. The maximum Gasteiger partial charge on any atom is 0.303 e. The van der Waals surface area contributed by atoms with Crippen LogP contribution in [0.15, 0.2) is 0 Å². The van der Waals surface area contributed by atoms with E-state index < -0.39 is 33.6 Å². The molecule has 0 unspecified atom stereocenters. The highest BCUT2D eigenvalue weighted by Crippen LogP contribution is 2.30. The summed E-state index contributed by atoms with van der Waals surface area (Å²) in [7, 11) is -3.26. The Hall–Kier alpha value is -1.11. The highest BCUT2D eigenvalue weighted by molar-refractivity contribution is 7.91. The molecule has 2 N–H and O–H groups in total. The average Bonchev–Trinajstić information content (AvgIpc) is 2.22. The van der Waals surface area contributed by atoms with Crippen LogP contribution < -0.4 is 0 Å². The molecule has 1 rings (SSSR count). The van der Waals surface area contributed by atoms with Crippen LogP contribution in [0.2, 0.25) is 0 Å². The van der Waals surface area contributed by atoms with Crippen LogP contribution in [0.5, 0.6) is 0 Å². The van der Waals surface area contributed by atoms with Crippen LogP contribution >= 0.6 is 0 Å². The van der Waals surface area contributed by atoms with Crippen molar-refractivity contribution in [1.29, 1.82) is 0 Å². The molecular weight excluding hydrogens is 224 g/mol. The van der Waals surface area contributed by atoms with E-state index in [1.165, 1.54) is 0 Å². The van der Waals surface area contributed by atoms with E-state index in [0.717, 1.165) is 0 Å². The predicted molar refractivity (Wildman–Crippen MR) is 50.1 cm³/mol. The lowest BCUT2D eigenvalue weighted by molar-refractivity contribution is -0.141. The third-order valence-corrected chi connectivity index (χ3v) is 4.35. The second-order valence-electron chi connectivity index (χ2n) is 3.79. The van der Waals surface area contributed by atoms with Crippen LogP contribution in [-0.2, 0) is 19.4 Å². The van der Waals surface area contributed by atoms with Gasteiger partial charge in [0.05, 0.1) is 11.5 Å². The number of rotatable bonds is 4. The van der Waals surface area contributed by atoms with Crippen LogP contribution in [0.4, 0.5) is 0 Å². The third kappa shape index (κ3) is 3.50. The Balaban J connectivity index is 2.74. The van der Waals surface area contributed by atoms with E-state index in [9.17, 15) is 18.0 Å². The maximum absolute atomic E-state index is 11.2. The summed E-state index contributed by atoms with van der Waals surface area (Å²) >= 11 is 0. The van der Waals surface area contributed by atoms with Gasteiger partial charge in [-0.1, -0.05) is 0 Å². The normalized spacial score (nSPS) is 28.8. The van der Waals surface area contributed by atoms with Gasteiger partial charge in [0.15, 0.2) is 9.84 Å². The Morgan fingerprint density at radius 1 is 1.00 bits per heavy atom. The molecule has 0 saturated carbocycles. The first kappa shape index (κ1) is 12.0. The molecule has 1 heterocycles. The van der Waals surface area contributed by atoms with Crippen molar-refractivity contribution in [3.63, 3.8) is 0 Å². The Labute approximate surface area is 86.8 Å². The molecule has 1 aliphatic rings. The molecule has 0 aromatic heterocycles. The molecule has 0 spiro atoms. The summed E-state index contributed by atoms with van der Waals surface area (Å²) in [6.07, 6.45) is -0.561. The van der Waals surface area contributed by atoms with Crippen molar-refractivity contribution in [1.82, 2.24) is 0 Å². The number of carboxylic acids is 2. The molecule has 0 aliphatic carbocycles. The van der Waals surface area contributed by atoms with E-state index in [4.69, 9.17) is 10.2 Å². The van der Waals surface area contributed by atoms with E-state index in [-0.39, 0.29) is 24.3 Å². The van der Waals surface area contributed by atoms with Gasteiger partial charge in [0.1, 0.15) is 0 Å². The summed E-state index contributed by atoms with van der Waals surface area (Å²) in [6, 6.07) is 0. The van der Waals surface area contributed by atoms with Gasteiger partial charge in [0.2, 0.25) is 0 Å². The lowest BCUT2D eigenvalue weighted by atomic mass is 9.90. The molecule has 15 heavy (non-hydrogen) atoms. The molecule has 0 bridgehead atoms. The maximum atomic E-state index is 11.2. The number of sulfone groups is 1. The van der Waals surface area contributed by atoms with Crippen LogP contribution in [0.25, 0.3) is 0 Å². The smallest absolute Gasteiger partial charge is 0.303 e. The second-order valence-corrected chi connectivity index (χ2v) is 5.95. The molecule has 0 radical (unpaired) electrons. The minimum absolute atomic E-state index is 0.211. The largest absolute Gasteiger partial charge is 0.481 e. The number of hydrogen-bond donors (Lipinski definition) is 2. The second kappa shape index (κ2) is 4.18. The zero-order valence-corrected chi connectivity index (χ0v) is 8.74. The predicted octanol–water partition coefficient (Wildman–Crippen LogP) is -0.403. The summed E-state index contributed by atoms with van der Waals surface area (Å²) in [5, 5.41) is 17.1. The van der Waals surface area contributed by atoms with Crippen molar-refractivity contribution in [3.05, 3.63) is 0 Å². The Bertz CT molecular complexity index is 341. The summed E-state index contributed by atoms with van der Waals surface area (Å²) in [5.74, 6) is -3.73. The molecule has 1 fully saturated rings. The van der Waals surface area contributed by atoms with Gasteiger partial charge in [-0.2, -0.15) is 0 Å². The Kier molecular flexibility index (Phi) is 3.33. The van der Waals surface area contributed by atoms with Gasteiger partial charge < -0.3 is 10.2 Å². The first-order valence-electron chi connectivity index (χ1n) is 4.44. The summed E-state index contributed by atoms with van der Waals surface area (Å²) in [6.45, 7) is 0. The quantitative estimate of drug-likeness (QED) is 0.687. The van der Waals surface area contributed by atoms with Crippen molar-refractivity contribution in [2.45, 2.75) is 12.8 Å². The topological polar surface area (TPSA) is 109 Å². The fourth-order valence-electron chi connectivity index (χ4n) is 1.89. The van der Waals surface area contributed by atoms with Gasteiger partial charge in [-0.3, -0.25) is 9.59 Å². The van der Waals surface area contributed by atoms with Gasteiger partial charge in [0, 0.05) is 12.8 Å². The molecule has 0 aromatic rings. The van der Waals surface area contributed by atoms with Crippen LogP contribution in [0.1, 0.15) is 12.8 Å². The molecule has 6 nitrogen and oxygen atoms in total. The van der Waals surface area contributed by atoms with Crippen LogP contribution in [0.3, 0.4) is 0 Å². The highest BCUT2D eigenvalue weighted by atomic mass is 32.2. The minimum atomic E-state index is -3.26. The van der Waals surface area contributed by atoms with Crippen molar-refractivity contribution < 1.29 is 28.2 Å². The van der Waals surface area contributed by atoms with Gasteiger partial charge in [-0.15, -0.1) is 0 Å². The molecule has 1 aliphatic heterocycles. The standard InChI is InChI=1S/C8H12O6S/c9-7(10)1-5-3-15(13,14)4-6(5)2-8(11)12/h5-6H,1-4H2,(H,9,10)(H,11,12)/t5-,6+. The zero-order chi connectivity index (χ0) is 11.6. The molecular formula is C8H12O6S. The lowest BCUT2D eigenvalue weighted by Gasteiger charge is -2.12. The first-order chi connectivity index (χ1) is 6.80. The molecule has 0 amide bonds. The average molecular weight is 236 g/mol. The van der Waals surface area contributed by atoms with Crippen LogP contribution in [-0.4, -0.2) is 42.1 Å². The van der Waals surface area contributed by atoms with E-state index in [1.807, 2.05) is 0 Å². The van der Waals surface area contributed by atoms with E-state index in [2.05, 4.69) is 0 Å². The van der Waals surface area contributed by atoms with E-state index >= 15 is 0 Å².